The monoisotopic (exact) mass is 261 g/mol. The second-order valence-electron chi connectivity index (χ2n) is 4.67. The van der Waals surface area contributed by atoms with Crippen LogP contribution in [0.1, 0.15) is 12.8 Å². The molecule has 1 aliphatic heterocycles. The number of hydrogen-bond donors (Lipinski definition) is 2. The maximum atomic E-state index is 6.12. The molecule has 0 amide bonds. The Morgan fingerprint density at radius 2 is 2.00 bits per heavy atom. The molecular formula is C14H16ClN3. The molecule has 94 valence electrons. The molecule has 0 atom stereocenters. The lowest BCUT2D eigenvalue weighted by atomic mass is 10.0. The first-order valence-corrected chi connectivity index (χ1v) is 6.73. The molecule has 2 heterocycles. The van der Waals surface area contributed by atoms with Crippen LogP contribution in [-0.2, 0) is 0 Å². The van der Waals surface area contributed by atoms with E-state index in [0.29, 0.717) is 11.2 Å². The minimum atomic E-state index is 0.545. The molecule has 1 fully saturated rings. The Labute approximate surface area is 112 Å². The predicted molar refractivity (Wildman–Crippen MR) is 76.3 cm³/mol. The molecule has 3 rings (SSSR count). The minimum Gasteiger partial charge on any atom is -0.382 e. The van der Waals surface area contributed by atoms with Gasteiger partial charge in [0.25, 0.3) is 0 Å². The van der Waals surface area contributed by atoms with Crippen molar-refractivity contribution in [2.24, 2.45) is 0 Å². The fourth-order valence-electron chi connectivity index (χ4n) is 2.48. The lowest BCUT2D eigenvalue weighted by molar-refractivity contribution is 0.479. The minimum absolute atomic E-state index is 0.545. The quantitative estimate of drug-likeness (QED) is 0.816. The highest BCUT2D eigenvalue weighted by Gasteiger charge is 2.13. The number of nitrogens with zero attached hydrogens (tertiary/aromatic N) is 1. The molecule has 0 spiro atoms. The van der Waals surface area contributed by atoms with Crippen LogP contribution in [0.4, 0.5) is 5.69 Å². The van der Waals surface area contributed by atoms with E-state index in [1.165, 1.54) is 0 Å². The summed E-state index contributed by atoms with van der Waals surface area (Å²) >= 11 is 6.12. The van der Waals surface area contributed by atoms with Gasteiger partial charge in [-0.25, -0.2) is 4.98 Å². The molecule has 0 radical (unpaired) electrons. The first-order valence-electron chi connectivity index (χ1n) is 6.35. The Kier molecular flexibility index (Phi) is 3.35. The zero-order valence-electron chi connectivity index (χ0n) is 10.1. The van der Waals surface area contributed by atoms with E-state index in [2.05, 4.69) is 21.7 Å². The van der Waals surface area contributed by atoms with Crippen molar-refractivity contribution in [2.45, 2.75) is 18.9 Å². The smallest absolute Gasteiger partial charge is 0.136 e. The highest BCUT2D eigenvalue weighted by Crippen LogP contribution is 2.28. The molecule has 2 aromatic rings. The Bertz CT molecular complexity index is 550. The second-order valence-corrected chi connectivity index (χ2v) is 5.03. The maximum Gasteiger partial charge on any atom is 0.136 e. The van der Waals surface area contributed by atoms with Crippen LogP contribution in [0.3, 0.4) is 0 Å². The van der Waals surface area contributed by atoms with Gasteiger partial charge in [0.15, 0.2) is 0 Å². The van der Waals surface area contributed by atoms with Crippen molar-refractivity contribution < 1.29 is 0 Å². The van der Waals surface area contributed by atoms with E-state index in [-0.39, 0.29) is 0 Å². The molecule has 0 unspecified atom stereocenters. The zero-order valence-corrected chi connectivity index (χ0v) is 10.9. The molecule has 0 bridgehead atoms. The Hall–Kier alpha value is -1.32. The number of piperidine rings is 1. The van der Waals surface area contributed by atoms with Crippen molar-refractivity contribution in [2.75, 3.05) is 18.4 Å². The average Bonchev–Trinajstić information content (AvgIpc) is 2.41. The molecule has 0 aliphatic carbocycles. The van der Waals surface area contributed by atoms with Gasteiger partial charge < -0.3 is 10.6 Å². The van der Waals surface area contributed by atoms with Crippen molar-refractivity contribution in [3.8, 4) is 0 Å². The van der Waals surface area contributed by atoms with Crippen molar-refractivity contribution >= 4 is 28.1 Å². The van der Waals surface area contributed by atoms with Gasteiger partial charge in [0.05, 0.1) is 0 Å². The summed E-state index contributed by atoms with van der Waals surface area (Å²) in [5, 5.41) is 9.73. The summed E-state index contributed by atoms with van der Waals surface area (Å²) in [5.41, 5.74) is 1.16. The molecular weight excluding hydrogens is 246 g/mol. The number of pyridine rings is 1. The molecule has 2 N–H and O–H groups in total. The van der Waals surface area contributed by atoms with Crippen LogP contribution >= 0.6 is 11.6 Å². The van der Waals surface area contributed by atoms with Gasteiger partial charge >= 0.3 is 0 Å². The molecule has 1 aromatic heterocycles. The van der Waals surface area contributed by atoms with Crippen LogP contribution in [0.5, 0.6) is 0 Å². The summed E-state index contributed by atoms with van der Waals surface area (Å²) in [4.78, 5) is 4.12. The van der Waals surface area contributed by atoms with E-state index in [9.17, 15) is 0 Å². The summed E-state index contributed by atoms with van der Waals surface area (Å²) in [6.07, 6.45) is 4.09. The molecule has 0 saturated carbocycles. The van der Waals surface area contributed by atoms with Crippen LogP contribution in [-0.4, -0.2) is 24.1 Å². The third-order valence-electron chi connectivity index (χ3n) is 3.46. The van der Waals surface area contributed by atoms with Crippen molar-refractivity contribution in [1.29, 1.82) is 0 Å². The SMILES string of the molecule is Clc1nccc2c(NC3CCNCC3)cccc12. The molecule has 1 saturated heterocycles. The van der Waals surface area contributed by atoms with Crippen LogP contribution in [0.15, 0.2) is 30.5 Å². The third-order valence-corrected chi connectivity index (χ3v) is 3.76. The van der Waals surface area contributed by atoms with Crippen LogP contribution in [0, 0.1) is 0 Å². The van der Waals surface area contributed by atoms with Gasteiger partial charge in [-0.2, -0.15) is 0 Å². The number of anilines is 1. The van der Waals surface area contributed by atoms with E-state index in [4.69, 9.17) is 11.6 Å². The number of rotatable bonds is 2. The molecule has 18 heavy (non-hydrogen) atoms. The second kappa shape index (κ2) is 5.12. The zero-order chi connectivity index (χ0) is 12.4. The van der Waals surface area contributed by atoms with Crippen molar-refractivity contribution in [1.82, 2.24) is 10.3 Å². The van der Waals surface area contributed by atoms with E-state index in [0.717, 1.165) is 42.4 Å². The molecule has 4 heteroatoms. The van der Waals surface area contributed by atoms with Gasteiger partial charge in [-0.05, 0) is 38.1 Å². The van der Waals surface area contributed by atoms with Crippen LogP contribution in [0.2, 0.25) is 5.15 Å². The topological polar surface area (TPSA) is 37.0 Å². The predicted octanol–water partition coefficient (Wildman–Crippen LogP) is 3.05. The fraction of sp³-hybridized carbons (Fsp3) is 0.357. The normalized spacial score (nSPS) is 16.9. The Balaban J connectivity index is 1.93. The Morgan fingerprint density at radius 3 is 2.83 bits per heavy atom. The van der Waals surface area contributed by atoms with Gasteiger partial charge in [0.2, 0.25) is 0 Å². The summed E-state index contributed by atoms with van der Waals surface area (Å²) < 4.78 is 0. The van der Waals surface area contributed by atoms with Crippen LogP contribution < -0.4 is 10.6 Å². The number of nitrogens with one attached hydrogen (secondary N) is 2. The highest BCUT2D eigenvalue weighted by atomic mass is 35.5. The number of halogens is 1. The summed E-state index contributed by atoms with van der Waals surface area (Å²) in [6.45, 7) is 2.18. The van der Waals surface area contributed by atoms with Crippen LogP contribution in [0.25, 0.3) is 10.8 Å². The summed E-state index contributed by atoms with van der Waals surface area (Å²) in [7, 11) is 0. The van der Waals surface area contributed by atoms with Gasteiger partial charge in [-0.3, -0.25) is 0 Å². The number of aromatic nitrogens is 1. The van der Waals surface area contributed by atoms with E-state index < -0.39 is 0 Å². The van der Waals surface area contributed by atoms with Gasteiger partial charge in [-0.15, -0.1) is 0 Å². The van der Waals surface area contributed by atoms with E-state index >= 15 is 0 Å². The summed E-state index contributed by atoms with van der Waals surface area (Å²) in [5.74, 6) is 0. The molecule has 3 nitrogen and oxygen atoms in total. The average molecular weight is 262 g/mol. The summed E-state index contributed by atoms with van der Waals surface area (Å²) in [6, 6.07) is 8.71. The molecule has 1 aliphatic rings. The van der Waals surface area contributed by atoms with E-state index in [1.807, 2.05) is 18.2 Å². The van der Waals surface area contributed by atoms with Crippen molar-refractivity contribution in [3.63, 3.8) is 0 Å². The fourth-order valence-corrected chi connectivity index (χ4v) is 2.70. The lowest BCUT2D eigenvalue weighted by Crippen LogP contribution is -2.35. The molecule has 1 aromatic carbocycles. The highest BCUT2D eigenvalue weighted by molar-refractivity contribution is 6.34. The number of benzene rings is 1. The maximum absolute atomic E-state index is 6.12. The standard InChI is InChI=1S/C14H16ClN3/c15-14-12-2-1-3-13(11(12)6-9-17-14)18-10-4-7-16-8-5-10/h1-3,6,9-10,16,18H,4-5,7-8H2. The number of hydrogen-bond acceptors (Lipinski definition) is 3. The first-order chi connectivity index (χ1) is 8.84. The van der Waals surface area contributed by atoms with Gasteiger partial charge in [0.1, 0.15) is 5.15 Å². The largest absolute Gasteiger partial charge is 0.382 e. The third kappa shape index (κ3) is 2.28. The van der Waals surface area contributed by atoms with E-state index in [1.54, 1.807) is 6.20 Å². The first kappa shape index (κ1) is 11.8. The van der Waals surface area contributed by atoms with Gasteiger partial charge in [0, 0.05) is 28.7 Å². The Morgan fingerprint density at radius 1 is 1.17 bits per heavy atom. The van der Waals surface area contributed by atoms with Gasteiger partial charge in [-0.1, -0.05) is 23.7 Å². The lowest BCUT2D eigenvalue weighted by Gasteiger charge is -2.25. The number of fused-ring (bicyclic) bond motifs is 1. The van der Waals surface area contributed by atoms with Crippen molar-refractivity contribution in [3.05, 3.63) is 35.6 Å².